The summed E-state index contributed by atoms with van der Waals surface area (Å²) in [5, 5.41) is 10.4. The minimum atomic E-state index is -3.62. The fourth-order valence-corrected chi connectivity index (χ4v) is 3.22. The first-order valence-electron chi connectivity index (χ1n) is 5.62. The highest BCUT2D eigenvalue weighted by Gasteiger charge is 2.24. The van der Waals surface area contributed by atoms with Crippen LogP contribution in [0.2, 0.25) is 0 Å². The normalized spacial score (nSPS) is 16.9. The molecule has 1 saturated carbocycles. The first-order chi connectivity index (χ1) is 8.49. The molecule has 18 heavy (non-hydrogen) atoms. The van der Waals surface area contributed by atoms with Crippen molar-refractivity contribution in [2.24, 2.45) is 0 Å². The zero-order chi connectivity index (χ0) is 13.2. The summed E-state index contributed by atoms with van der Waals surface area (Å²) in [5.74, 6) is -0.366. The molecule has 0 bridgehead atoms. The maximum absolute atomic E-state index is 11.9. The lowest BCUT2D eigenvalue weighted by molar-refractivity contribution is -0.389. The number of nitrogens with one attached hydrogen (secondary N) is 1. The van der Waals surface area contributed by atoms with Gasteiger partial charge in [0, 0.05) is 12.1 Å². The zero-order valence-corrected chi connectivity index (χ0v) is 10.4. The standard InChI is InChI=1S/C10H13N3O4S/c14-13(15)10-6-5-9(7-11-10)18(16,17)12-8-3-1-2-4-8/h5-8,12H,1-4H2. The average Bonchev–Trinajstić information content (AvgIpc) is 2.81. The molecule has 0 unspecified atom stereocenters. The number of nitrogens with zero attached hydrogens (tertiary/aromatic N) is 2. The van der Waals surface area contributed by atoms with Crippen molar-refractivity contribution in [3.05, 3.63) is 28.4 Å². The lowest BCUT2D eigenvalue weighted by Gasteiger charge is -2.11. The molecule has 0 saturated heterocycles. The molecule has 1 aliphatic carbocycles. The highest BCUT2D eigenvalue weighted by Crippen LogP contribution is 2.20. The van der Waals surface area contributed by atoms with E-state index in [1.807, 2.05) is 0 Å². The Morgan fingerprint density at radius 2 is 2.00 bits per heavy atom. The molecule has 1 aliphatic rings. The summed E-state index contributed by atoms with van der Waals surface area (Å²) in [6.07, 6.45) is 4.71. The molecule has 0 aromatic carbocycles. The van der Waals surface area contributed by atoms with Crippen molar-refractivity contribution < 1.29 is 13.3 Å². The molecule has 1 heterocycles. The minimum Gasteiger partial charge on any atom is -0.358 e. The largest absolute Gasteiger partial charge is 0.363 e. The number of pyridine rings is 1. The van der Waals surface area contributed by atoms with Crippen molar-refractivity contribution in [1.82, 2.24) is 9.71 Å². The van der Waals surface area contributed by atoms with Crippen LogP contribution in [0, 0.1) is 10.1 Å². The van der Waals surface area contributed by atoms with Crippen molar-refractivity contribution in [1.29, 1.82) is 0 Å². The van der Waals surface area contributed by atoms with E-state index >= 15 is 0 Å². The number of hydrogen-bond acceptors (Lipinski definition) is 5. The molecule has 1 aromatic rings. The number of aromatic nitrogens is 1. The van der Waals surface area contributed by atoms with Crippen LogP contribution < -0.4 is 4.72 Å². The van der Waals surface area contributed by atoms with Gasteiger partial charge in [0.15, 0.2) is 6.20 Å². The zero-order valence-electron chi connectivity index (χ0n) is 9.57. The third-order valence-corrected chi connectivity index (χ3v) is 4.40. The Hall–Kier alpha value is -1.54. The van der Waals surface area contributed by atoms with E-state index in [0.29, 0.717) is 0 Å². The van der Waals surface area contributed by atoms with Crippen LogP contribution in [-0.4, -0.2) is 24.4 Å². The second-order valence-corrected chi connectivity index (χ2v) is 5.93. The van der Waals surface area contributed by atoms with Gasteiger partial charge in [-0.25, -0.2) is 13.1 Å². The Kier molecular flexibility index (Phi) is 3.58. The quantitative estimate of drug-likeness (QED) is 0.655. The fourth-order valence-electron chi connectivity index (χ4n) is 1.97. The van der Waals surface area contributed by atoms with Gasteiger partial charge in [0.25, 0.3) is 0 Å². The number of sulfonamides is 1. The summed E-state index contributed by atoms with van der Waals surface area (Å²) < 4.78 is 26.5. The van der Waals surface area contributed by atoms with E-state index in [-0.39, 0.29) is 16.8 Å². The molecule has 0 amide bonds. The van der Waals surface area contributed by atoms with Crippen LogP contribution in [0.1, 0.15) is 25.7 Å². The molecule has 2 rings (SSSR count). The minimum absolute atomic E-state index is 0.0369. The Morgan fingerprint density at radius 1 is 1.33 bits per heavy atom. The molecule has 7 nitrogen and oxygen atoms in total. The van der Waals surface area contributed by atoms with Crippen LogP contribution in [0.4, 0.5) is 5.82 Å². The molecule has 0 radical (unpaired) electrons. The number of rotatable bonds is 4. The van der Waals surface area contributed by atoms with Crippen LogP contribution in [0.15, 0.2) is 23.2 Å². The van der Waals surface area contributed by atoms with Gasteiger partial charge in [-0.15, -0.1) is 0 Å². The summed E-state index contributed by atoms with van der Waals surface area (Å²) in [6.45, 7) is 0. The van der Waals surface area contributed by atoms with Crippen molar-refractivity contribution in [2.75, 3.05) is 0 Å². The topological polar surface area (TPSA) is 102 Å². The van der Waals surface area contributed by atoms with Crippen LogP contribution in [-0.2, 0) is 10.0 Å². The molecule has 8 heteroatoms. The van der Waals surface area contributed by atoms with Crippen LogP contribution >= 0.6 is 0 Å². The van der Waals surface area contributed by atoms with Crippen molar-refractivity contribution in [3.8, 4) is 0 Å². The fraction of sp³-hybridized carbons (Fsp3) is 0.500. The highest BCUT2D eigenvalue weighted by atomic mass is 32.2. The third-order valence-electron chi connectivity index (χ3n) is 2.90. The van der Waals surface area contributed by atoms with E-state index < -0.39 is 14.9 Å². The lowest BCUT2D eigenvalue weighted by Crippen LogP contribution is -2.32. The Labute approximate surface area is 104 Å². The lowest BCUT2D eigenvalue weighted by atomic mass is 10.3. The van der Waals surface area contributed by atoms with E-state index in [9.17, 15) is 18.5 Å². The second-order valence-electron chi connectivity index (χ2n) is 4.21. The van der Waals surface area contributed by atoms with Crippen LogP contribution in [0.25, 0.3) is 0 Å². The van der Waals surface area contributed by atoms with E-state index in [1.165, 1.54) is 6.07 Å². The van der Waals surface area contributed by atoms with Gasteiger partial charge in [-0.05, 0) is 28.8 Å². The molecular formula is C10H13N3O4S. The summed E-state index contributed by atoms with van der Waals surface area (Å²) in [5.41, 5.74) is 0. The summed E-state index contributed by atoms with van der Waals surface area (Å²) in [7, 11) is -3.62. The van der Waals surface area contributed by atoms with Crippen LogP contribution in [0.5, 0.6) is 0 Å². The maximum atomic E-state index is 11.9. The maximum Gasteiger partial charge on any atom is 0.363 e. The van der Waals surface area contributed by atoms with Gasteiger partial charge in [0.1, 0.15) is 4.90 Å². The molecule has 98 valence electrons. The predicted octanol–water partition coefficient (Wildman–Crippen LogP) is 1.21. The Morgan fingerprint density at radius 3 is 2.50 bits per heavy atom. The van der Waals surface area contributed by atoms with E-state index in [2.05, 4.69) is 9.71 Å². The average molecular weight is 271 g/mol. The van der Waals surface area contributed by atoms with E-state index in [1.54, 1.807) is 0 Å². The SMILES string of the molecule is O=[N+]([O-])c1ccc(S(=O)(=O)NC2CCCC2)cn1. The highest BCUT2D eigenvalue weighted by molar-refractivity contribution is 7.89. The Bertz CT molecular complexity index is 535. The van der Waals surface area contributed by atoms with Crippen molar-refractivity contribution in [2.45, 2.75) is 36.6 Å². The van der Waals surface area contributed by atoms with Crippen LogP contribution in [0.3, 0.4) is 0 Å². The van der Waals surface area contributed by atoms with Crippen molar-refractivity contribution >= 4 is 15.8 Å². The third kappa shape index (κ3) is 2.82. The predicted molar refractivity (Wildman–Crippen MR) is 63.5 cm³/mol. The van der Waals surface area contributed by atoms with E-state index in [4.69, 9.17) is 0 Å². The van der Waals surface area contributed by atoms with E-state index in [0.717, 1.165) is 37.9 Å². The monoisotopic (exact) mass is 271 g/mol. The van der Waals surface area contributed by atoms with Gasteiger partial charge < -0.3 is 10.1 Å². The summed E-state index contributed by atoms with van der Waals surface area (Å²) in [4.78, 5) is 13.2. The second kappa shape index (κ2) is 4.99. The smallest absolute Gasteiger partial charge is 0.358 e. The molecule has 0 spiro atoms. The Balaban J connectivity index is 2.16. The van der Waals surface area contributed by atoms with Gasteiger partial charge in [0.05, 0.1) is 0 Å². The van der Waals surface area contributed by atoms with Gasteiger partial charge in [-0.3, -0.25) is 0 Å². The molecule has 1 fully saturated rings. The van der Waals surface area contributed by atoms with Gasteiger partial charge in [0.2, 0.25) is 10.0 Å². The molecule has 1 aromatic heterocycles. The number of nitro groups is 1. The van der Waals surface area contributed by atoms with Gasteiger partial charge in [-0.1, -0.05) is 12.8 Å². The molecule has 0 aliphatic heterocycles. The first kappa shape index (κ1) is 12.9. The molecule has 0 atom stereocenters. The first-order valence-corrected chi connectivity index (χ1v) is 7.10. The molecular weight excluding hydrogens is 258 g/mol. The van der Waals surface area contributed by atoms with Crippen molar-refractivity contribution in [3.63, 3.8) is 0 Å². The molecule has 1 N–H and O–H groups in total. The summed E-state index contributed by atoms with van der Waals surface area (Å²) >= 11 is 0. The van der Waals surface area contributed by atoms with Gasteiger partial charge >= 0.3 is 5.82 Å². The summed E-state index contributed by atoms with van der Waals surface area (Å²) in [6, 6.07) is 2.25. The van der Waals surface area contributed by atoms with Gasteiger partial charge in [-0.2, -0.15) is 0 Å². The number of hydrogen-bond donors (Lipinski definition) is 1.